The molecule has 0 atom stereocenters. The normalized spacial score (nSPS) is 16.8. The summed E-state index contributed by atoms with van der Waals surface area (Å²) in [6, 6.07) is 10.0. The Morgan fingerprint density at radius 2 is 1.88 bits per heavy atom. The van der Waals surface area contributed by atoms with Crippen LogP contribution < -0.4 is 0 Å². The zero-order chi connectivity index (χ0) is 17.2. The van der Waals surface area contributed by atoms with Crippen molar-refractivity contribution in [3.05, 3.63) is 42.1 Å². The summed E-state index contributed by atoms with van der Waals surface area (Å²) in [6.07, 6.45) is 10.5. The molecule has 1 fully saturated rings. The van der Waals surface area contributed by atoms with E-state index in [1.165, 1.54) is 32.1 Å². The number of carbonyl (C=O) groups is 1. The number of ether oxygens (including phenoxy) is 1. The molecular formula is C21H27NO2. The number of carbonyl (C=O) groups excluding carboxylic acids is 1. The van der Waals surface area contributed by atoms with Gasteiger partial charge in [-0.05, 0) is 57.7 Å². The third-order valence-corrected chi connectivity index (χ3v) is 4.50. The van der Waals surface area contributed by atoms with Gasteiger partial charge in [0, 0.05) is 5.39 Å². The monoisotopic (exact) mass is 325 g/mol. The summed E-state index contributed by atoms with van der Waals surface area (Å²) in [6.45, 7) is 5.69. The van der Waals surface area contributed by atoms with E-state index in [1.807, 2.05) is 45.0 Å². The molecule has 0 bridgehead atoms. The quantitative estimate of drug-likeness (QED) is 0.676. The molecule has 1 aliphatic rings. The fourth-order valence-electron chi connectivity index (χ4n) is 3.37. The molecule has 0 spiro atoms. The Balaban J connectivity index is 1.95. The van der Waals surface area contributed by atoms with Crippen LogP contribution in [0.15, 0.2) is 36.4 Å². The highest BCUT2D eigenvalue weighted by Crippen LogP contribution is 2.27. The maximum Gasteiger partial charge on any atom is 0.419 e. The molecule has 3 nitrogen and oxygen atoms in total. The van der Waals surface area contributed by atoms with Crippen molar-refractivity contribution < 1.29 is 9.53 Å². The number of fused-ring (bicyclic) bond motifs is 1. The second-order valence-corrected chi connectivity index (χ2v) is 7.70. The lowest BCUT2D eigenvalue weighted by Crippen LogP contribution is -2.27. The number of aromatic nitrogens is 1. The van der Waals surface area contributed by atoms with Crippen molar-refractivity contribution >= 4 is 23.1 Å². The van der Waals surface area contributed by atoms with E-state index in [0.717, 1.165) is 16.6 Å². The smallest absolute Gasteiger partial charge is 0.419 e. The average molecular weight is 325 g/mol. The summed E-state index contributed by atoms with van der Waals surface area (Å²) < 4.78 is 7.31. The van der Waals surface area contributed by atoms with Crippen LogP contribution in [-0.2, 0) is 4.74 Å². The second kappa shape index (κ2) is 6.84. The molecule has 24 heavy (non-hydrogen) atoms. The molecule has 3 heteroatoms. The summed E-state index contributed by atoms with van der Waals surface area (Å²) in [4.78, 5) is 12.7. The zero-order valence-corrected chi connectivity index (χ0v) is 14.9. The third-order valence-electron chi connectivity index (χ3n) is 4.50. The number of benzene rings is 1. The number of hydrogen-bond acceptors (Lipinski definition) is 2. The van der Waals surface area contributed by atoms with E-state index in [9.17, 15) is 4.79 Å². The van der Waals surface area contributed by atoms with Gasteiger partial charge in [-0.2, -0.15) is 0 Å². The van der Waals surface area contributed by atoms with Gasteiger partial charge in [-0.15, -0.1) is 0 Å². The van der Waals surface area contributed by atoms with Gasteiger partial charge >= 0.3 is 6.09 Å². The van der Waals surface area contributed by atoms with Crippen LogP contribution in [0.1, 0.15) is 58.6 Å². The van der Waals surface area contributed by atoms with Gasteiger partial charge in [0.2, 0.25) is 0 Å². The van der Waals surface area contributed by atoms with Crippen molar-refractivity contribution in [3.8, 4) is 0 Å². The molecule has 0 unspecified atom stereocenters. The van der Waals surface area contributed by atoms with Gasteiger partial charge in [-0.25, -0.2) is 9.36 Å². The molecule has 3 rings (SSSR count). The second-order valence-electron chi connectivity index (χ2n) is 7.70. The fourth-order valence-corrected chi connectivity index (χ4v) is 3.37. The Morgan fingerprint density at radius 1 is 1.17 bits per heavy atom. The largest absolute Gasteiger partial charge is 0.443 e. The molecule has 1 aliphatic carbocycles. The van der Waals surface area contributed by atoms with E-state index in [4.69, 9.17) is 4.74 Å². The number of para-hydroxylation sites is 1. The predicted octanol–water partition coefficient (Wildman–Crippen LogP) is 6.02. The van der Waals surface area contributed by atoms with Crippen molar-refractivity contribution in [2.24, 2.45) is 5.92 Å². The van der Waals surface area contributed by atoms with E-state index in [2.05, 4.69) is 18.2 Å². The Hall–Kier alpha value is -2.03. The van der Waals surface area contributed by atoms with Gasteiger partial charge in [-0.1, -0.05) is 43.5 Å². The molecule has 128 valence electrons. The van der Waals surface area contributed by atoms with E-state index >= 15 is 0 Å². The maximum atomic E-state index is 12.7. The number of rotatable bonds is 2. The van der Waals surface area contributed by atoms with Gasteiger partial charge in [-0.3, -0.25) is 0 Å². The van der Waals surface area contributed by atoms with Gasteiger partial charge < -0.3 is 4.74 Å². The zero-order valence-electron chi connectivity index (χ0n) is 14.9. The number of hydrogen-bond donors (Lipinski definition) is 0. The van der Waals surface area contributed by atoms with Crippen molar-refractivity contribution in [3.63, 3.8) is 0 Å². The first-order valence-electron chi connectivity index (χ1n) is 8.96. The summed E-state index contributed by atoms with van der Waals surface area (Å²) in [5.74, 6) is 0.629. The highest BCUT2D eigenvalue weighted by molar-refractivity contribution is 5.93. The van der Waals surface area contributed by atoms with E-state index < -0.39 is 5.60 Å². The summed E-state index contributed by atoms with van der Waals surface area (Å²) in [5.41, 5.74) is 1.29. The lowest BCUT2D eigenvalue weighted by Gasteiger charge is -2.21. The summed E-state index contributed by atoms with van der Waals surface area (Å²) in [7, 11) is 0. The van der Waals surface area contributed by atoms with Crippen LogP contribution in [0.4, 0.5) is 4.79 Å². The highest BCUT2D eigenvalue weighted by Gasteiger charge is 2.21. The SMILES string of the molecule is CC(C)(C)OC(=O)n1c(/C=C/C2CCCCC2)cc2ccccc21. The Kier molecular flexibility index (Phi) is 4.79. The third kappa shape index (κ3) is 3.89. The molecule has 0 saturated heterocycles. The minimum absolute atomic E-state index is 0.313. The molecule has 0 aliphatic heterocycles. The minimum atomic E-state index is -0.507. The van der Waals surface area contributed by atoms with Crippen LogP contribution in [-0.4, -0.2) is 16.3 Å². The molecule has 1 heterocycles. The molecular weight excluding hydrogens is 298 g/mol. The van der Waals surface area contributed by atoms with Crippen LogP contribution in [0.25, 0.3) is 17.0 Å². The Bertz CT molecular complexity index is 743. The molecule has 0 radical (unpaired) electrons. The lowest BCUT2D eigenvalue weighted by atomic mass is 9.89. The van der Waals surface area contributed by atoms with Gasteiger partial charge in [0.25, 0.3) is 0 Å². The van der Waals surface area contributed by atoms with E-state index in [0.29, 0.717) is 5.92 Å². The molecule has 0 amide bonds. The molecule has 1 saturated carbocycles. The Morgan fingerprint density at radius 3 is 2.58 bits per heavy atom. The van der Waals surface area contributed by atoms with Gasteiger partial charge in [0.05, 0.1) is 11.2 Å². The van der Waals surface area contributed by atoms with Crippen LogP contribution in [0, 0.1) is 5.92 Å². The van der Waals surface area contributed by atoms with Crippen LogP contribution in [0.2, 0.25) is 0 Å². The minimum Gasteiger partial charge on any atom is -0.443 e. The fraction of sp³-hybridized carbons (Fsp3) is 0.476. The number of nitrogens with zero attached hydrogens (tertiary/aromatic N) is 1. The van der Waals surface area contributed by atoms with Gasteiger partial charge in [0.15, 0.2) is 0 Å². The van der Waals surface area contributed by atoms with Crippen LogP contribution in [0.3, 0.4) is 0 Å². The lowest BCUT2D eigenvalue weighted by molar-refractivity contribution is 0.0543. The van der Waals surface area contributed by atoms with Crippen LogP contribution in [0.5, 0.6) is 0 Å². The van der Waals surface area contributed by atoms with Crippen molar-refractivity contribution in [2.45, 2.75) is 58.5 Å². The first-order valence-corrected chi connectivity index (χ1v) is 8.96. The molecule has 1 aromatic carbocycles. The topological polar surface area (TPSA) is 31.2 Å². The van der Waals surface area contributed by atoms with Crippen molar-refractivity contribution in [1.29, 1.82) is 0 Å². The van der Waals surface area contributed by atoms with Crippen molar-refractivity contribution in [1.82, 2.24) is 4.57 Å². The van der Waals surface area contributed by atoms with Crippen molar-refractivity contribution in [2.75, 3.05) is 0 Å². The maximum absolute atomic E-state index is 12.7. The van der Waals surface area contributed by atoms with Crippen LogP contribution >= 0.6 is 0 Å². The highest BCUT2D eigenvalue weighted by atomic mass is 16.6. The average Bonchev–Trinajstić information content (AvgIpc) is 2.91. The van der Waals surface area contributed by atoms with Gasteiger partial charge in [0.1, 0.15) is 5.60 Å². The predicted molar refractivity (Wildman–Crippen MR) is 99.2 cm³/mol. The van der Waals surface area contributed by atoms with E-state index in [-0.39, 0.29) is 6.09 Å². The Labute approximate surface area is 144 Å². The summed E-state index contributed by atoms with van der Waals surface area (Å²) >= 11 is 0. The summed E-state index contributed by atoms with van der Waals surface area (Å²) in [5, 5.41) is 1.06. The first kappa shape index (κ1) is 16.8. The molecule has 2 aromatic rings. The molecule has 1 aromatic heterocycles. The number of allylic oxidation sites excluding steroid dienone is 1. The van der Waals surface area contributed by atoms with E-state index in [1.54, 1.807) is 4.57 Å². The molecule has 0 N–H and O–H groups in total. The first-order chi connectivity index (χ1) is 11.4. The standard InChI is InChI=1S/C21H27NO2/c1-21(2,3)24-20(23)22-18(14-13-16-9-5-4-6-10-16)15-17-11-7-8-12-19(17)22/h7-8,11-16H,4-6,9-10H2,1-3H3/b14-13+.